The second kappa shape index (κ2) is 6.57. The zero-order chi connectivity index (χ0) is 17.3. The maximum absolute atomic E-state index is 13.0. The van der Waals surface area contributed by atoms with Gasteiger partial charge in [-0.05, 0) is 38.0 Å². The van der Waals surface area contributed by atoms with Crippen LogP contribution in [0.25, 0.3) is 5.65 Å². The third-order valence-corrected chi connectivity index (χ3v) is 4.20. The van der Waals surface area contributed by atoms with Gasteiger partial charge >= 0.3 is 0 Å². The lowest BCUT2D eigenvalue weighted by molar-refractivity contribution is 0.191. The summed E-state index contributed by atoms with van der Waals surface area (Å²) in [6.45, 7) is 6.30. The van der Waals surface area contributed by atoms with Crippen LogP contribution in [0.15, 0.2) is 30.3 Å². The fraction of sp³-hybridized carbons (Fsp3) is 0.333. The average molecular weight is 328 g/mol. The third kappa shape index (κ3) is 3.10. The number of aromatic nitrogens is 3. The first-order chi connectivity index (χ1) is 11.5. The Hall–Kier alpha value is -2.47. The van der Waals surface area contributed by atoms with E-state index in [9.17, 15) is 9.50 Å². The Morgan fingerprint density at radius 2 is 1.96 bits per heavy atom. The second-order valence-corrected chi connectivity index (χ2v) is 5.88. The molecule has 1 unspecified atom stereocenters. The molecule has 0 amide bonds. The van der Waals surface area contributed by atoms with Crippen LogP contribution in [-0.4, -0.2) is 26.2 Å². The summed E-state index contributed by atoms with van der Waals surface area (Å²) in [5.74, 6) is 0.471. The molecule has 3 aromatic rings. The van der Waals surface area contributed by atoms with Gasteiger partial charge in [-0.25, -0.2) is 9.37 Å². The van der Waals surface area contributed by atoms with Crippen molar-refractivity contribution in [1.82, 2.24) is 14.6 Å². The minimum Gasteiger partial charge on any atom is -0.387 e. The van der Waals surface area contributed by atoms with E-state index in [4.69, 9.17) is 0 Å². The van der Waals surface area contributed by atoms with Gasteiger partial charge < -0.3 is 10.4 Å². The van der Waals surface area contributed by atoms with E-state index in [0.717, 1.165) is 34.8 Å². The van der Waals surface area contributed by atoms with Gasteiger partial charge in [-0.3, -0.25) is 0 Å². The number of rotatable bonds is 5. The molecule has 2 N–H and O–H groups in total. The van der Waals surface area contributed by atoms with Crippen LogP contribution in [0, 0.1) is 19.7 Å². The number of hydrogen-bond donors (Lipinski definition) is 2. The predicted molar refractivity (Wildman–Crippen MR) is 91.7 cm³/mol. The zero-order valence-electron chi connectivity index (χ0n) is 14.0. The van der Waals surface area contributed by atoms with Crippen LogP contribution in [-0.2, 0) is 6.42 Å². The van der Waals surface area contributed by atoms with Gasteiger partial charge in [0.15, 0.2) is 5.65 Å². The normalized spacial score (nSPS) is 12.5. The molecule has 5 nitrogen and oxygen atoms in total. The summed E-state index contributed by atoms with van der Waals surface area (Å²) in [6.07, 6.45) is 0.0756. The molecule has 126 valence electrons. The van der Waals surface area contributed by atoms with Gasteiger partial charge in [-0.15, -0.1) is 0 Å². The molecule has 2 aromatic heterocycles. The molecule has 0 aliphatic rings. The van der Waals surface area contributed by atoms with Gasteiger partial charge in [-0.2, -0.15) is 9.61 Å². The lowest BCUT2D eigenvalue weighted by Crippen LogP contribution is -2.15. The summed E-state index contributed by atoms with van der Waals surface area (Å²) >= 11 is 0. The Morgan fingerprint density at radius 1 is 1.25 bits per heavy atom. The lowest BCUT2D eigenvalue weighted by Gasteiger charge is -2.14. The van der Waals surface area contributed by atoms with Gasteiger partial charge in [0.05, 0.1) is 11.8 Å². The van der Waals surface area contributed by atoms with E-state index >= 15 is 0 Å². The monoisotopic (exact) mass is 328 g/mol. The summed E-state index contributed by atoms with van der Waals surface area (Å²) in [5.41, 5.74) is 4.43. The van der Waals surface area contributed by atoms with Crippen molar-refractivity contribution in [3.05, 3.63) is 58.7 Å². The predicted octanol–water partition coefficient (Wildman–Crippen LogP) is 3.19. The summed E-state index contributed by atoms with van der Waals surface area (Å²) in [6, 6.07) is 7.81. The minimum absolute atomic E-state index is 0.297. The number of aryl methyl sites for hydroxylation is 3. The van der Waals surface area contributed by atoms with Gasteiger partial charge in [0.25, 0.3) is 0 Å². The lowest BCUT2D eigenvalue weighted by atomic mass is 10.1. The molecule has 0 saturated heterocycles. The number of nitrogens with one attached hydrogen (secondary N) is 1. The number of anilines is 1. The number of fused-ring (bicyclic) bond motifs is 1. The van der Waals surface area contributed by atoms with Crippen LogP contribution >= 0.6 is 0 Å². The highest BCUT2D eigenvalue weighted by molar-refractivity contribution is 5.56. The van der Waals surface area contributed by atoms with Crippen molar-refractivity contribution in [2.24, 2.45) is 0 Å². The van der Waals surface area contributed by atoms with Crippen LogP contribution in [0.2, 0.25) is 0 Å². The van der Waals surface area contributed by atoms with Crippen molar-refractivity contribution in [1.29, 1.82) is 0 Å². The molecule has 0 fully saturated rings. The summed E-state index contributed by atoms with van der Waals surface area (Å²) in [4.78, 5) is 4.63. The van der Waals surface area contributed by atoms with Crippen molar-refractivity contribution in [2.45, 2.75) is 33.3 Å². The first-order valence-corrected chi connectivity index (χ1v) is 8.03. The highest BCUT2D eigenvalue weighted by atomic mass is 19.1. The Labute approximate surface area is 140 Å². The Kier molecular flexibility index (Phi) is 4.49. The SMILES string of the molecule is CCc1cc(NCC(O)c2ccc(F)cc2)n2nc(C)c(C)c2n1. The van der Waals surface area contributed by atoms with Crippen molar-refractivity contribution in [2.75, 3.05) is 11.9 Å². The maximum atomic E-state index is 13.0. The fourth-order valence-electron chi connectivity index (χ4n) is 2.59. The molecule has 0 aliphatic heterocycles. The number of halogens is 1. The van der Waals surface area contributed by atoms with Crippen LogP contribution in [0.5, 0.6) is 0 Å². The molecular weight excluding hydrogens is 307 g/mol. The maximum Gasteiger partial charge on any atom is 0.160 e. The largest absolute Gasteiger partial charge is 0.387 e. The number of benzene rings is 1. The van der Waals surface area contributed by atoms with Crippen LogP contribution in [0.3, 0.4) is 0 Å². The Morgan fingerprint density at radius 3 is 2.62 bits per heavy atom. The molecule has 1 aromatic carbocycles. The Balaban J connectivity index is 1.86. The molecule has 24 heavy (non-hydrogen) atoms. The third-order valence-electron chi connectivity index (χ3n) is 4.20. The van der Waals surface area contributed by atoms with Crippen molar-refractivity contribution in [3.63, 3.8) is 0 Å². The smallest absolute Gasteiger partial charge is 0.160 e. The molecule has 0 aliphatic carbocycles. The van der Waals surface area contributed by atoms with E-state index in [-0.39, 0.29) is 5.82 Å². The molecule has 3 rings (SSSR count). The fourth-order valence-corrected chi connectivity index (χ4v) is 2.59. The molecular formula is C18H21FN4O. The summed E-state index contributed by atoms with van der Waals surface area (Å²) < 4.78 is 14.7. The second-order valence-electron chi connectivity index (χ2n) is 5.88. The van der Waals surface area contributed by atoms with Crippen molar-refractivity contribution >= 4 is 11.5 Å². The van der Waals surface area contributed by atoms with Gasteiger partial charge in [0, 0.05) is 23.9 Å². The average Bonchev–Trinajstić information content (AvgIpc) is 2.88. The van der Waals surface area contributed by atoms with Gasteiger partial charge in [0.1, 0.15) is 11.6 Å². The molecule has 1 atom stereocenters. The number of nitrogens with zero attached hydrogens (tertiary/aromatic N) is 3. The number of aliphatic hydroxyl groups is 1. The standard InChI is InChI=1S/C18H21FN4O/c1-4-15-9-17(23-18(21-15)11(2)12(3)22-23)20-10-16(24)13-5-7-14(19)8-6-13/h5-9,16,20,24H,4,10H2,1-3H3. The minimum atomic E-state index is -0.739. The quantitative estimate of drug-likeness (QED) is 0.755. The van der Waals surface area contributed by atoms with Crippen molar-refractivity contribution < 1.29 is 9.50 Å². The highest BCUT2D eigenvalue weighted by Gasteiger charge is 2.13. The van der Waals surface area contributed by atoms with E-state index in [2.05, 4.69) is 22.3 Å². The summed E-state index contributed by atoms with van der Waals surface area (Å²) in [5, 5.41) is 18.0. The first kappa shape index (κ1) is 16.4. The van der Waals surface area contributed by atoms with E-state index in [1.165, 1.54) is 12.1 Å². The molecule has 0 saturated carbocycles. The van der Waals surface area contributed by atoms with E-state index < -0.39 is 6.10 Å². The topological polar surface area (TPSA) is 62.5 Å². The van der Waals surface area contributed by atoms with E-state index in [1.807, 2.05) is 19.9 Å². The molecule has 0 bridgehead atoms. The first-order valence-electron chi connectivity index (χ1n) is 8.03. The highest BCUT2D eigenvalue weighted by Crippen LogP contribution is 2.20. The van der Waals surface area contributed by atoms with Crippen LogP contribution < -0.4 is 5.32 Å². The molecule has 0 spiro atoms. The van der Waals surface area contributed by atoms with Gasteiger partial charge in [-0.1, -0.05) is 19.1 Å². The van der Waals surface area contributed by atoms with Crippen LogP contribution in [0.1, 0.15) is 35.5 Å². The Bertz CT molecular complexity index is 858. The van der Waals surface area contributed by atoms with Crippen LogP contribution in [0.4, 0.5) is 10.2 Å². The molecule has 0 radical (unpaired) electrons. The molecule has 6 heteroatoms. The van der Waals surface area contributed by atoms with E-state index in [0.29, 0.717) is 12.1 Å². The zero-order valence-corrected chi connectivity index (χ0v) is 14.0. The van der Waals surface area contributed by atoms with E-state index in [1.54, 1.807) is 16.6 Å². The number of hydrogen-bond acceptors (Lipinski definition) is 4. The van der Waals surface area contributed by atoms with Crippen molar-refractivity contribution in [3.8, 4) is 0 Å². The molecule has 2 heterocycles. The number of aliphatic hydroxyl groups excluding tert-OH is 1. The van der Waals surface area contributed by atoms with Gasteiger partial charge in [0.2, 0.25) is 0 Å². The summed E-state index contributed by atoms with van der Waals surface area (Å²) in [7, 11) is 0.